The van der Waals surface area contributed by atoms with E-state index in [9.17, 15) is 0 Å². The van der Waals surface area contributed by atoms with Crippen LogP contribution in [-0.4, -0.2) is 10.4 Å². The van der Waals surface area contributed by atoms with E-state index in [4.69, 9.17) is 0 Å². The molecule has 1 aliphatic carbocycles. The second-order valence-electron chi connectivity index (χ2n) is 4.30. The highest BCUT2D eigenvalue weighted by atomic mass is 32.1. The van der Waals surface area contributed by atoms with Gasteiger partial charge in [0.25, 0.3) is 0 Å². The van der Waals surface area contributed by atoms with Crippen LogP contribution in [-0.2, 0) is 0 Å². The Morgan fingerprint density at radius 3 is 3.00 bits per heavy atom. The third-order valence-corrected chi connectivity index (χ3v) is 3.88. The fourth-order valence-electron chi connectivity index (χ4n) is 1.91. The standard InChI is InChI=1S/C12H14N2S/c1-8(9-6-7-9)13-12-10-4-2-3-5-11(10)14-15-12/h2-5,8-9,13H,6-7H2,1H3. The van der Waals surface area contributed by atoms with Crippen LogP contribution in [0.15, 0.2) is 24.3 Å². The van der Waals surface area contributed by atoms with Gasteiger partial charge in [-0.2, -0.15) is 4.37 Å². The fraction of sp³-hybridized carbons (Fsp3) is 0.417. The molecule has 0 amide bonds. The average Bonchev–Trinajstić information content (AvgIpc) is 3.03. The summed E-state index contributed by atoms with van der Waals surface area (Å²) in [5, 5.41) is 6.07. The maximum Gasteiger partial charge on any atom is 0.117 e. The Morgan fingerprint density at radius 2 is 2.20 bits per heavy atom. The van der Waals surface area contributed by atoms with Crippen LogP contribution in [0.2, 0.25) is 0 Å². The minimum absolute atomic E-state index is 0.592. The molecule has 1 aromatic carbocycles. The van der Waals surface area contributed by atoms with E-state index in [-0.39, 0.29) is 0 Å². The van der Waals surface area contributed by atoms with E-state index in [2.05, 4.69) is 34.8 Å². The number of benzene rings is 1. The van der Waals surface area contributed by atoms with Crippen LogP contribution in [0.1, 0.15) is 19.8 Å². The number of fused-ring (bicyclic) bond motifs is 1. The van der Waals surface area contributed by atoms with Crippen molar-refractivity contribution in [1.29, 1.82) is 0 Å². The van der Waals surface area contributed by atoms with Crippen molar-refractivity contribution < 1.29 is 0 Å². The van der Waals surface area contributed by atoms with Crippen molar-refractivity contribution in [1.82, 2.24) is 4.37 Å². The van der Waals surface area contributed by atoms with Gasteiger partial charge in [0.2, 0.25) is 0 Å². The summed E-state index contributed by atoms with van der Waals surface area (Å²) in [6.07, 6.45) is 2.76. The van der Waals surface area contributed by atoms with Crippen molar-refractivity contribution in [3.63, 3.8) is 0 Å². The first-order valence-electron chi connectivity index (χ1n) is 5.45. The van der Waals surface area contributed by atoms with Gasteiger partial charge in [0.15, 0.2) is 0 Å². The predicted octanol–water partition coefficient (Wildman–Crippen LogP) is 3.51. The number of nitrogens with one attached hydrogen (secondary N) is 1. The Labute approximate surface area is 93.5 Å². The minimum Gasteiger partial charge on any atom is -0.372 e. The number of hydrogen-bond donors (Lipinski definition) is 1. The van der Waals surface area contributed by atoms with Gasteiger partial charge >= 0.3 is 0 Å². The summed E-state index contributed by atoms with van der Waals surface area (Å²) in [6.45, 7) is 2.27. The zero-order valence-electron chi connectivity index (χ0n) is 8.73. The highest BCUT2D eigenvalue weighted by molar-refractivity contribution is 7.11. The highest BCUT2D eigenvalue weighted by Gasteiger charge is 2.28. The van der Waals surface area contributed by atoms with E-state index in [1.807, 2.05) is 6.07 Å². The first kappa shape index (κ1) is 9.16. The highest BCUT2D eigenvalue weighted by Crippen LogP contribution is 2.36. The molecule has 1 saturated carbocycles. The smallest absolute Gasteiger partial charge is 0.117 e. The van der Waals surface area contributed by atoms with E-state index in [0.717, 1.165) is 11.4 Å². The SMILES string of the molecule is CC(Nc1snc2ccccc12)C1CC1. The summed E-state index contributed by atoms with van der Waals surface area (Å²) < 4.78 is 4.43. The summed E-state index contributed by atoms with van der Waals surface area (Å²) >= 11 is 1.58. The maximum absolute atomic E-state index is 4.43. The van der Waals surface area contributed by atoms with Crippen LogP contribution in [0, 0.1) is 5.92 Å². The van der Waals surface area contributed by atoms with Gasteiger partial charge in [0.1, 0.15) is 5.00 Å². The van der Waals surface area contributed by atoms with Crippen molar-refractivity contribution in [2.24, 2.45) is 5.92 Å². The van der Waals surface area contributed by atoms with Gasteiger partial charge in [-0.3, -0.25) is 0 Å². The summed E-state index contributed by atoms with van der Waals surface area (Å²) in [5.74, 6) is 0.880. The number of rotatable bonds is 3. The van der Waals surface area contributed by atoms with Crippen LogP contribution < -0.4 is 5.32 Å². The van der Waals surface area contributed by atoms with Crippen LogP contribution in [0.4, 0.5) is 5.00 Å². The van der Waals surface area contributed by atoms with E-state index >= 15 is 0 Å². The Hall–Kier alpha value is -1.09. The van der Waals surface area contributed by atoms with Gasteiger partial charge < -0.3 is 5.32 Å². The molecule has 1 unspecified atom stereocenters. The Morgan fingerprint density at radius 1 is 1.40 bits per heavy atom. The molecule has 0 bridgehead atoms. The molecule has 1 atom stereocenters. The first-order chi connectivity index (χ1) is 7.34. The summed E-state index contributed by atoms with van der Waals surface area (Å²) in [4.78, 5) is 0. The number of hydrogen-bond acceptors (Lipinski definition) is 3. The molecule has 0 radical (unpaired) electrons. The lowest BCUT2D eigenvalue weighted by molar-refractivity contribution is 0.697. The Bertz CT molecular complexity index is 473. The summed E-state index contributed by atoms with van der Waals surface area (Å²) in [6, 6.07) is 8.91. The van der Waals surface area contributed by atoms with Gasteiger partial charge in [-0.05, 0) is 49.3 Å². The van der Waals surface area contributed by atoms with Gasteiger partial charge in [-0.15, -0.1) is 0 Å². The molecule has 1 aliphatic rings. The van der Waals surface area contributed by atoms with Crippen LogP contribution >= 0.6 is 11.5 Å². The van der Waals surface area contributed by atoms with E-state index in [1.165, 1.54) is 23.2 Å². The van der Waals surface area contributed by atoms with Crippen molar-refractivity contribution in [3.05, 3.63) is 24.3 Å². The van der Waals surface area contributed by atoms with Gasteiger partial charge in [-0.1, -0.05) is 12.1 Å². The zero-order chi connectivity index (χ0) is 10.3. The fourth-order valence-corrected chi connectivity index (χ4v) is 2.77. The molecule has 2 aromatic rings. The third kappa shape index (κ3) is 1.72. The number of nitrogens with zero attached hydrogens (tertiary/aromatic N) is 1. The van der Waals surface area contributed by atoms with Crippen molar-refractivity contribution in [2.45, 2.75) is 25.8 Å². The predicted molar refractivity (Wildman–Crippen MR) is 65.4 cm³/mol. The molecule has 2 nitrogen and oxygen atoms in total. The first-order valence-corrected chi connectivity index (χ1v) is 6.23. The van der Waals surface area contributed by atoms with E-state index in [1.54, 1.807) is 11.5 Å². The molecule has 0 saturated heterocycles. The molecule has 1 N–H and O–H groups in total. The molecular weight excluding hydrogens is 204 g/mol. The van der Waals surface area contributed by atoms with Crippen molar-refractivity contribution in [2.75, 3.05) is 5.32 Å². The van der Waals surface area contributed by atoms with Crippen LogP contribution in [0.3, 0.4) is 0 Å². The minimum atomic E-state index is 0.592. The van der Waals surface area contributed by atoms with Crippen LogP contribution in [0.5, 0.6) is 0 Å². The maximum atomic E-state index is 4.43. The molecule has 1 heterocycles. The second-order valence-corrected chi connectivity index (χ2v) is 5.07. The van der Waals surface area contributed by atoms with E-state index in [0.29, 0.717) is 6.04 Å². The topological polar surface area (TPSA) is 24.9 Å². The monoisotopic (exact) mass is 218 g/mol. The second kappa shape index (κ2) is 3.49. The molecule has 1 aromatic heterocycles. The van der Waals surface area contributed by atoms with Crippen molar-refractivity contribution >= 4 is 27.4 Å². The quantitative estimate of drug-likeness (QED) is 0.852. The average molecular weight is 218 g/mol. The molecule has 3 rings (SSSR count). The molecule has 0 aliphatic heterocycles. The summed E-state index contributed by atoms with van der Waals surface area (Å²) in [5.41, 5.74) is 1.10. The molecule has 0 spiro atoms. The number of anilines is 1. The lowest BCUT2D eigenvalue weighted by Crippen LogP contribution is -2.16. The molecule has 15 heavy (non-hydrogen) atoms. The van der Waals surface area contributed by atoms with Crippen molar-refractivity contribution in [3.8, 4) is 0 Å². The molecule has 1 fully saturated rings. The zero-order valence-corrected chi connectivity index (χ0v) is 9.55. The molecule has 78 valence electrons. The Balaban J connectivity index is 1.90. The summed E-state index contributed by atoms with van der Waals surface area (Å²) in [7, 11) is 0. The third-order valence-electron chi connectivity index (χ3n) is 3.07. The lowest BCUT2D eigenvalue weighted by Gasteiger charge is -2.11. The molecule has 3 heteroatoms. The lowest BCUT2D eigenvalue weighted by atomic mass is 10.2. The largest absolute Gasteiger partial charge is 0.372 e. The molecular formula is C12H14N2S. The Kier molecular flexibility index (Phi) is 2.13. The van der Waals surface area contributed by atoms with Gasteiger partial charge in [0.05, 0.1) is 5.52 Å². The van der Waals surface area contributed by atoms with Gasteiger partial charge in [-0.25, -0.2) is 0 Å². The van der Waals surface area contributed by atoms with Gasteiger partial charge in [0, 0.05) is 11.4 Å². The normalized spacial score (nSPS) is 17.9. The van der Waals surface area contributed by atoms with E-state index < -0.39 is 0 Å². The van der Waals surface area contributed by atoms with Crippen LogP contribution in [0.25, 0.3) is 10.9 Å². The number of aromatic nitrogens is 1.